The third-order valence-corrected chi connectivity index (χ3v) is 5.08. The van der Waals surface area contributed by atoms with Gasteiger partial charge in [-0.25, -0.2) is 4.98 Å². The van der Waals surface area contributed by atoms with Gasteiger partial charge in [0, 0.05) is 24.5 Å². The van der Waals surface area contributed by atoms with E-state index in [-0.39, 0.29) is 5.91 Å². The number of carbonyl (C=O) groups is 1. The van der Waals surface area contributed by atoms with Crippen molar-refractivity contribution < 1.29 is 4.79 Å². The summed E-state index contributed by atoms with van der Waals surface area (Å²) < 4.78 is 0. The fraction of sp³-hybridized carbons (Fsp3) is 0.182. The van der Waals surface area contributed by atoms with Crippen molar-refractivity contribution in [2.45, 2.75) is 12.8 Å². The molecular weight excluding hydrogens is 372 g/mol. The lowest BCUT2D eigenvalue weighted by Gasteiger charge is -2.17. The monoisotopic (exact) mass is 392 g/mol. The van der Waals surface area contributed by atoms with E-state index in [1.165, 1.54) is 18.5 Å². The number of carbonyl (C=O) groups excluding carboxylic acids is 1. The Balaban J connectivity index is 1.38. The molecule has 2 N–H and O–H groups in total. The van der Waals surface area contributed by atoms with Gasteiger partial charge in [-0.3, -0.25) is 4.79 Å². The molecule has 1 amide bonds. The third kappa shape index (κ3) is 4.26. The maximum atomic E-state index is 12.3. The molecule has 6 heteroatoms. The molecule has 1 saturated heterocycles. The predicted octanol–water partition coefficient (Wildman–Crippen LogP) is 5.33. The first-order valence-corrected chi connectivity index (χ1v) is 9.71. The summed E-state index contributed by atoms with van der Waals surface area (Å²) in [6.07, 6.45) is 4.16. The van der Waals surface area contributed by atoms with E-state index in [0.717, 1.165) is 18.8 Å². The topological polar surface area (TPSA) is 57.3 Å². The summed E-state index contributed by atoms with van der Waals surface area (Å²) in [5, 5.41) is 6.51. The van der Waals surface area contributed by atoms with Gasteiger partial charge in [-0.15, -0.1) is 0 Å². The zero-order chi connectivity index (χ0) is 19.3. The third-order valence-electron chi connectivity index (χ3n) is 4.75. The van der Waals surface area contributed by atoms with Crippen LogP contribution in [0.4, 0.5) is 22.9 Å². The largest absolute Gasteiger partial charge is 0.372 e. The Kier molecular flexibility index (Phi) is 5.44. The molecule has 0 bridgehead atoms. The number of amides is 1. The number of nitrogens with one attached hydrogen (secondary N) is 2. The summed E-state index contributed by atoms with van der Waals surface area (Å²) in [5.41, 5.74) is 3.28. The van der Waals surface area contributed by atoms with Gasteiger partial charge in [-0.05, 0) is 61.4 Å². The van der Waals surface area contributed by atoms with Crippen molar-refractivity contribution >= 4 is 40.4 Å². The second-order valence-corrected chi connectivity index (χ2v) is 7.14. The Labute approximate surface area is 169 Å². The molecule has 28 heavy (non-hydrogen) atoms. The summed E-state index contributed by atoms with van der Waals surface area (Å²) in [7, 11) is 0. The second kappa shape index (κ2) is 8.31. The number of rotatable bonds is 5. The molecule has 0 aliphatic carbocycles. The minimum Gasteiger partial charge on any atom is -0.372 e. The molecule has 1 aliphatic rings. The molecule has 1 aliphatic heterocycles. The van der Waals surface area contributed by atoms with E-state index >= 15 is 0 Å². The number of halogens is 1. The highest BCUT2D eigenvalue weighted by Gasteiger charge is 2.12. The molecule has 0 spiro atoms. The number of hydrogen-bond acceptors (Lipinski definition) is 4. The van der Waals surface area contributed by atoms with Crippen LogP contribution in [-0.4, -0.2) is 24.0 Å². The van der Waals surface area contributed by atoms with E-state index in [1.54, 1.807) is 30.5 Å². The molecule has 142 valence electrons. The van der Waals surface area contributed by atoms with Crippen LogP contribution in [0.15, 0.2) is 66.9 Å². The van der Waals surface area contributed by atoms with Gasteiger partial charge in [0.1, 0.15) is 5.82 Å². The summed E-state index contributed by atoms with van der Waals surface area (Å²) >= 11 is 6.06. The number of anilines is 4. The standard InChI is InChI=1S/C22H21ClN4O/c23-20-6-2-1-5-19(20)22(28)26-17-9-12-21(24-15-17)25-16-7-10-18(11-8-16)27-13-3-4-14-27/h1-2,5-12,15H,3-4,13-14H2,(H,24,25)(H,26,28). The fourth-order valence-electron chi connectivity index (χ4n) is 3.26. The molecule has 2 aromatic carbocycles. The molecular formula is C22H21ClN4O. The van der Waals surface area contributed by atoms with Crippen LogP contribution in [0, 0.1) is 0 Å². The van der Waals surface area contributed by atoms with E-state index in [1.807, 2.05) is 12.1 Å². The Morgan fingerprint density at radius 3 is 2.32 bits per heavy atom. The van der Waals surface area contributed by atoms with Crippen molar-refractivity contribution in [1.82, 2.24) is 4.98 Å². The van der Waals surface area contributed by atoms with Crippen molar-refractivity contribution in [3.05, 3.63) is 77.4 Å². The number of pyridine rings is 1. The number of aromatic nitrogens is 1. The lowest BCUT2D eigenvalue weighted by Crippen LogP contribution is -2.17. The lowest BCUT2D eigenvalue weighted by molar-refractivity contribution is 0.102. The maximum Gasteiger partial charge on any atom is 0.257 e. The van der Waals surface area contributed by atoms with Crippen LogP contribution >= 0.6 is 11.6 Å². The number of benzene rings is 2. The van der Waals surface area contributed by atoms with Crippen molar-refractivity contribution in [1.29, 1.82) is 0 Å². The molecule has 0 saturated carbocycles. The zero-order valence-corrected chi connectivity index (χ0v) is 16.1. The van der Waals surface area contributed by atoms with Crippen LogP contribution in [0.5, 0.6) is 0 Å². The molecule has 1 fully saturated rings. The first-order chi connectivity index (χ1) is 13.7. The average molecular weight is 393 g/mol. The normalized spacial score (nSPS) is 13.4. The number of nitrogens with zero attached hydrogens (tertiary/aromatic N) is 2. The van der Waals surface area contributed by atoms with Crippen LogP contribution in [-0.2, 0) is 0 Å². The van der Waals surface area contributed by atoms with Crippen LogP contribution in [0.2, 0.25) is 5.02 Å². The summed E-state index contributed by atoms with van der Waals surface area (Å²) in [6.45, 7) is 2.27. The van der Waals surface area contributed by atoms with E-state index in [9.17, 15) is 4.79 Å². The van der Waals surface area contributed by atoms with Crippen molar-refractivity contribution in [3.8, 4) is 0 Å². The smallest absolute Gasteiger partial charge is 0.257 e. The predicted molar refractivity (Wildman–Crippen MR) is 115 cm³/mol. The average Bonchev–Trinajstić information content (AvgIpc) is 3.25. The van der Waals surface area contributed by atoms with Crippen LogP contribution in [0.1, 0.15) is 23.2 Å². The highest BCUT2D eigenvalue weighted by atomic mass is 35.5. The SMILES string of the molecule is O=C(Nc1ccc(Nc2ccc(N3CCCC3)cc2)nc1)c1ccccc1Cl. The van der Waals surface area contributed by atoms with Crippen LogP contribution in [0.25, 0.3) is 0 Å². The summed E-state index contributed by atoms with van der Waals surface area (Å²) in [5.74, 6) is 0.454. The molecule has 4 rings (SSSR count). The van der Waals surface area contributed by atoms with Gasteiger partial charge in [0.2, 0.25) is 0 Å². The van der Waals surface area contributed by atoms with Gasteiger partial charge in [0.15, 0.2) is 0 Å². The zero-order valence-electron chi connectivity index (χ0n) is 15.4. The van der Waals surface area contributed by atoms with Crippen molar-refractivity contribution in [3.63, 3.8) is 0 Å². The molecule has 0 radical (unpaired) electrons. The highest BCUT2D eigenvalue weighted by molar-refractivity contribution is 6.34. The Morgan fingerprint density at radius 1 is 0.929 bits per heavy atom. The minimum absolute atomic E-state index is 0.259. The fourth-order valence-corrected chi connectivity index (χ4v) is 3.49. The van der Waals surface area contributed by atoms with Crippen LogP contribution < -0.4 is 15.5 Å². The Hall–Kier alpha value is -3.05. The first kappa shape index (κ1) is 18.3. The highest BCUT2D eigenvalue weighted by Crippen LogP contribution is 2.24. The molecule has 2 heterocycles. The number of hydrogen-bond donors (Lipinski definition) is 2. The summed E-state index contributed by atoms with van der Waals surface area (Å²) in [4.78, 5) is 19.1. The van der Waals surface area contributed by atoms with Crippen molar-refractivity contribution in [2.75, 3.05) is 28.6 Å². The minimum atomic E-state index is -0.259. The molecule has 5 nitrogen and oxygen atoms in total. The van der Waals surface area contributed by atoms with Gasteiger partial charge in [-0.2, -0.15) is 0 Å². The molecule has 3 aromatic rings. The van der Waals surface area contributed by atoms with Gasteiger partial charge < -0.3 is 15.5 Å². The molecule has 1 aromatic heterocycles. The Morgan fingerprint density at radius 2 is 1.64 bits per heavy atom. The van der Waals surface area contributed by atoms with Gasteiger partial charge in [0.05, 0.1) is 22.5 Å². The van der Waals surface area contributed by atoms with E-state index in [2.05, 4.69) is 44.8 Å². The maximum absolute atomic E-state index is 12.3. The molecule has 0 atom stereocenters. The van der Waals surface area contributed by atoms with E-state index < -0.39 is 0 Å². The van der Waals surface area contributed by atoms with Gasteiger partial charge in [0.25, 0.3) is 5.91 Å². The molecule has 0 unspecified atom stereocenters. The van der Waals surface area contributed by atoms with Crippen LogP contribution in [0.3, 0.4) is 0 Å². The van der Waals surface area contributed by atoms with Gasteiger partial charge in [-0.1, -0.05) is 23.7 Å². The second-order valence-electron chi connectivity index (χ2n) is 6.73. The van der Waals surface area contributed by atoms with E-state index in [0.29, 0.717) is 22.1 Å². The summed E-state index contributed by atoms with van der Waals surface area (Å²) in [6, 6.07) is 19.0. The lowest BCUT2D eigenvalue weighted by atomic mass is 10.2. The van der Waals surface area contributed by atoms with Gasteiger partial charge >= 0.3 is 0 Å². The first-order valence-electron chi connectivity index (χ1n) is 9.33. The van der Waals surface area contributed by atoms with E-state index in [4.69, 9.17) is 11.6 Å². The van der Waals surface area contributed by atoms with Crippen molar-refractivity contribution in [2.24, 2.45) is 0 Å². The Bertz CT molecular complexity index is 951. The quantitative estimate of drug-likeness (QED) is 0.616.